The molecule has 2 rings (SSSR count). The number of fused-ring (bicyclic) bond motifs is 1. The van der Waals surface area contributed by atoms with Crippen molar-refractivity contribution < 1.29 is 13.9 Å². The molecule has 0 unspecified atom stereocenters. The summed E-state index contributed by atoms with van der Waals surface area (Å²) in [5.41, 5.74) is -0.105. The molecule has 0 saturated carbocycles. The Kier molecular flexibility index (Phi) is 3.09. The summed E-state index contributed by atoms with van der Waals surface area (Å²) in [5, 5.41) is 2.85. The third kappa shape index (κ3) is 2.78. The standard InChI is InChI=1S/C13H16N2O4/c1-13(2,3)19-12(17)14-8-7-18-9-5-6-15(4)11(16)10(8)9/h5-7H,1-4H3,(H,14,17). The largest absolute Gasteiger partial charge is 0.462 e. The molecule has 0 aliphatic heterocycles. The van der Waals surface area contributed by atoms with Crippen LogP contribution >= 0.6 is 0 Å². The van der Waals surface area contributed by atoms with Crippen molar-refractivity contribution in [3.05, 3.63) is 28.9 Å². The number of pyridine rings is 1. The number of carbonyl (C=O) groups excluding carboxylic acids is 1. The average Bonchev–Trinajstić information content (AvgIpc) is 2.65. The third-order valence-corrected chi connectivity index (χ3v) is 2.44. The van der Waals surface area contributed by atoms with Crippen LogP contribution in [0.2, 0.25) is 0 Å². The Morgan fingerprint density at radius 1 is 1.42 bits per heavy atom. The zero-order chi connectivity index (χ0) is 14.2. The van der Waals surface area contributed by atoms with E-state index in [0.29, 0.717) is 16.7 Å². The predicted molar refractivity (Wildman–Crippen MR) is 71.3 cm³/mol. The molecule has 0 aromatic carbocycles. The molecule has 1 N–H and O–H groups in total. The highest BCUT2D eigenvalue weighted by molar-refractivity contribution is 5.97. The van der Waals surface area contributed by atoms with Gasteiger partial charge in [-0.05, 0) is 26.8 Å². The molecule has 19 heavy (non-hydrogen) atoms. The summed E-state index contributed by atoms with van der Waals surface area (Å²) in [5.74, 6) is 0. The Bertz CT molecular complexity index is 676. The number of furan rings is 1. The van der Waals surface area contributed by atoms with Crippen LogP contribution < -0.4 is 10.9 Å². The lowest BCUT2D eigenvalue weighted by Crippen LogP contribution is -2.27. The molecule has 2 aromatic rings. The van der Waals surface area contributed by atoms with Crippen molar-refractivity contribution in [2.75, 3.05) is 5.32 Å². The normalized spacial score (nSPS) is 11.6. The number of nitrogens with one attached hydrogen (secondary N) is 1. The van der Waals surface area contributed by atoms with Gasteiger partial charge in [0, 0.05) is 13.2 Å². The van der Waals surface area contributed by atoms with Crippen LogP contribution in [-0.2, 0) is 11.8 Å². The summed E-state index contributed by atoms with van der Waals surface area (Å²) < 4.78 is 11.8. The number of hydrogen-bond donors (Lipinski definition) is 1. The van der Waals surface area contributed by atoms with Crippen molar-refractivity contribution in [2.45, 2.75) is 26.4 Å². The first kappa shape index (κ1) is 13.2. The summed E-state index contributed by atoms with van der Waals surface area (Å²) in [6.07, 6.45) is 2.31. The van der Waals surface area contributed by atoms with E-state index in [9.17, 15) is 9.59 Å². The first-order valence-electron chi connectivity index (χ1n) is 5.85. The van der Waals surface area contributed by atoms with Crippen LogP contribution in [0, 0.1) is 0 Å². The number of carbonyl (C=O) groups is 1. The number of aromatic nitrogens is 1. The minimum absolute atomic E-state index is 0.239. The van der Waals surface area contributed by atoms with E-state index < -0.39 is 11.7 Å². The van der Waals surface area contributed by atoms with E-state index in [1.54, 1.807) is 40.1 Å². The van der Waals surface area contributed by atoms with E-state index in [0.717, 1.165) is 0 Å². The van der Waals surface area contributed by atoms with E-state index in [-0.39, 0.29) is 5.56 Å². The van der Waals surface area contributed by atoms with Gasteiger partial charge < -0.3 is 13.7 Å². The molecule has 6 heteroatoms. The molecule has 0 saturated heterocycles. The van der Waals surface area contributed by atoms with Crippen LogP contribution in [0.25, 0.3) is 11.0 Å². The molecule has 0 atom stereocenters. The predicted octanol–water partition coefficient (Wildman–Crippen LogP) is 2.48. The van der Waals surface area contributed by atoms with Crippen molar-refractivity contribution in [1.82, 2.24) is 4.57 Å². The second-order valence-electron chi connectivity index (χ2n) is 5.25. The first-order chi connectivity index (χ1) is 8.78. The number of rotatable bonds is 1. The molecule has 0 spiro atoms. The summed E-state index contributed by atoms with van der Waals surface area (Å²) in [4.78, 5) is 23.7. The lowest BCUT2D eigenvalue weighted by atomic mass is 10.2. The average molecular weight is 264 g/mol. The third-order valence-electron chi connectivity index (χ3n) is 2.44. The SMILES string of the molecule is Cn1ccc2occ(NC(=O)OC(C)(C)C)c2c1=O. The van der Waals surface area contributed by atoms with Gasteiger partial charge in [-0.2, -0.15) is 0 Å². The van der Waals surface area contributed by atoms with Crippen molar-refractivity contribution in [2.24, 2.45) is 7.05 Å². The number of anilines is 1. The topological polar surface area (TPSA) is 73.5 Å². The molecule has 0 aliphatic rings. The second kappa shape index (κ2) is 4.46. The van der Waals surface area contributed by atoms with Gasteiger partial charge in [0.1, 0.15) is 22.8 Å². The maximum atomic E-state index is 12.0. The summed E-state index contributed by atoms with van der Waals surface area (Å²) >= 11 is 0. The molecular formula is C13H16N2O4. The lowest BCUT2D eigenvalue weighted by Gasteiger charge is -2.19. The van der Waals surface area contributed by atoms with Gasteiger partial charge in [0.05, 0.1) is 5.69 Å². The van der Waals surface area contributed by atoms with Crippen molar-refractivity contribution in [3.8, 4) is 0 Å². The van der Waals surface area contributed by atoms with E-state index >= 15 is 0 Å². The number of nitrogens with zero attached hydrogens (tertiary/aromatic N) is 1. The van der Waals surface area contributed by atoms with Gasteiger partial charge in [-0.3, -0.25) is 10.1 Å². The molecule has 102 valence electrons. The maximum absolute atomic E-state index is 12.0. The van der Waals surface area contributed by atoms with E-state index in [1.807, 2.05) is 0 Å². The van der Waals surface area contributed by atoms with Crippen LogP contribution in [-0.4, -0.2) is 16.3 Å². The van der Waals surface area contributed by atoms with Crippen molar-refractivity contribution in [1.29, 1.82) is 0 Å². The van der Waals surface area contributed by atoms with Gasteiger partial charge in [0.15, 0.2) is 0 Å². The summed E-state index contributed by atoms with van der Waals surface area (Å²) in [7, 11) is 1.63. The number of aryl methyl sites for hydroxylation is 1. The molecule has 0 fully saturated rings. The van der Waals surface area contributed by atoms with Gasteiger partial charge in [-0.15, -0.1) is 0 Å². The first-order valence-corrected chi connectivity index (χ1v) is 5.85. The van der Waals surface area contributed by atoms with Crippen molar-refractivity contribution >= 4 is 22.7 Å². The van der Waals surface area contributed by atoms with Gasteiger partial charge in [0.25, 0.3) is 5.56 Å². The second-order valence-corrected chi connectivity index (χ2v) is 5.25. The highest BCUT2D eigenvalue weighted by atomic mass is 16.6. The molecule has 0 aliphatic carbocycles. The van der Waals surface area contributed by atoms with Crippen molar-refractivity contribution in [3.63, 3.8) is 0 Å². The Morgan fingerprint density at radius 2 is 2.11 bits per heavy atom. The maximum Gasteiger partial charge on any atom is 0.412 e. The molecule has 2 heterocycles. The quantitative estimate of drug-likeness (QED) is 0.858. The minimum Gasteiger partial charge on any atom is -0.462 e. The van der Waals surface area contributed by atoms with E-state index in [1.165, 1.54) is 10.8 Å². The van der Waals surface area contributed by atoms with Gasteiger partial charge in [-0.25, -0.2) is 4.79 Å². The van der Waals surface area contributed by atoms with Crippen LogP contribution in [0.5, 0.6) is 0 Å². The fourth-order valence-corrected chi connectivity index (χ4v) is 1.65. The monoisotopic (exact) mass is 264 g/mol. The summed E-state index contributed by atoms with van der Waals surface area (Å²) in [6.45, 7) is 5.29. The van der Waals surface area contributed by atoms with Crippen LogP contribution in [0.4, 0.5) is 10.5 Å². The fourth-order valence-electron chi connectivity index (χ4n) is 1.65. The van der Waals surface area contributed by atoms with E-state index in [2.05, 4.69) is 5.32 Å². The smallest absolute Gasteiger partial charge is 0.412 e. The van der Waals surface area contributed by atoms with Gasteiger partial charge in [-0.1, -0.05) is 0 Å². The Labute approximate surface area is 110 Å². The van der Waals surface area contributed by atoms with E-state index in [4.69, 9.17) is 9.15 Å². The molecule has 6 nitrogen and oxygen atoms in total. The Balaban J connectivity index is 2.34. The van der Waals surface area contributed by atoms with Gasteiger partial charge in [0.2, 0.25) is 0 Å². The molecular weight excluding hydrogens is 248 g/mol. The fraction of sp³-hybridized carbons (Fsp3) is 0.385. The Morgan fingerprint density at radius 3 is 2.74 bits per heavy atom. The number of ether oxygens (including phenoxy) is 1. The lowest BCUT2D eigenvalue weighted by molar-refractivity contribution is 0.0636. The number of amides is 1. The van der Waals surface area contributed by atoms with Crippen LogP contribution in [0.3, 0.4) is 0 Å². The highest BCUT2D eigenvalue weighted by Crippen LogP contribution is 2.22. The van der Waals surface area contributed by atoms with Crippen LogP contribution in [0.15, 0.2) is 27.7 Å². The molecule has 2 aromatic heterocycles. The minimum atomic E-state index is -0.624. The zero-order valence-electron chi connectivity index (χ0n) is 11.3. The number of hydrogen-bond acceptors (Lipinski definition) is 4. The summed E-state index contributed by atoms with van der Waals surface area (Å²) in [6, 6.07) is 1.66. The zero-order valence-corrected chi connectivity index (χ0v) is 11.3. The molecule has 0 bridgehead atoms. The molecule has 0 radical (unpaired) electrons. The highest BCUT2D eigenvalue weighted by Gasteiger charge is 2.19. The van der Waals surface area contributed by atoms with Crippen LogP contribution in [0.1, 0.15) is 20.8 Å². The molecule has 1 amide bonds. The Hall–Kier alpha value is -2.24. The van der Waals surface area contributed by atoms with Gasteiger partial charge >= 0.3 is 6.09 Å².